The molecule has 0 amide bonds. The van der Waals surface area contributed by atoms with Crippen LogP contribution < -0.4 is 4.74 Å². The highest BCUT2D eigenvalue weighted by molar-refractivity contribution is 7.12. The quantitative estimate of drug-likeness (QED) is 0.829. The Balaban J connectivity index is 2.14. The Bertz CT molecular complexity index is 673. The molecular weight excluding hydrogens is 288 g/mol. The highest BCUT2D eigenvalue weighted by atomic mass is 32.1. The van der Waals surface area contributed by atoms with Gasteiger partial charge in [0, 0.05) is 6.42 Å². The average molecular weight is 304 g/mol. The summed E-state index contributed by atoms with van der Waals surface area (Å²) in [6.07, 6.45) is 0.791. The van der Waals surface area contributed by atoms with Crippen molar-refractivity contribution < 1.29 is 19.4 Å². The van der Waals surface area contributed by atoms with Crippen molar-refractivity contribution in [2.75, 3.05) is 7.11 Å². The van der Waals surface area contributed by atoms with Crippen molar-refractivity contribution in [1.82, 2.24) is 0 Å². The van der Waals surface area contributed by atoms with Gasteiger partial charge in [-0.05, 0) is 35.9 Å². The Hall–Kier alpha value is -2.14. The Morgan fingerprint density at radius 1 is 1.29 bits per heavy atom. The fourth-order valence-corrected chi connectivity index (χ4v) is 3.20. The molecule has 21 heavy (non-hydrogen) atoms. The van der Waals surface area contributed by atoms with Gasteiger partial charge >= 0.3 is 5.97 Å². The van der Waals surface area contributed by atoms with Crippen molar-refractivity contribution in [3.05, 3.63) is 51.2 Å². The smallest absolute Gasteiger partial charge is 0.337 e. The van der Waals surface area contributed by atoms with Crippen molar-refractivity contribution >= 4 is 23.1 Å². The number of aromatic carboxylic acids is 1. The number of hydrogen-bond acceptors (Lipinski definition) is 4. The summed E-state index contributed by atoms with van der Waals surface area (Å²) in [5.74, 6) is -0.447. The van der Waals surface area contributed by atoms with Gasteiger partial charge < -0.3 is 9.84 Å². The third-order valence-corrected chi connectivity index (χ3v) is 4.39. The summed E-state index contributed by atoms with van der Waals surface area (Å²) in [4.78, 5) is 23.8. The molecule has 0 spiro atoms. The van der Waals surface area contributed by atoms with E-state index in [2.05, 4.69) is 0 Å². The molecule has 0 radical (unpaired) electrons. The molecule has 1 heterocycles. The zero-order valence-electron chi connectivity index (χ0n) is 11.9. The van der Waals surface area contributed by atoms with E-state index in [-0.39, 0.29) is 17.8 Å². The van der Waals surface area contributed by atoms with Gasteiger partial charge in [0.2, 0.25) is 0 Å². The minimum Gasteiger partial charge on any atom is -0.496 e. The predicted molar refractivity (Wildman–Crippen MR) is 81.7 cm³/mol. The van der Waals surface area contributed by atoms with Crippen LogP contribution in [0.3, 0.4) is 0 Å². The lowest BCUT2D eigenvalue weighted by atomic mass is 10.0. The summed E-state index contributed by atoms with van der Waals surface area (Å²) >= 11 is 1.20. The van der Waals surface area contributed by atoms with Crippen LogP contribution in [0, 0.1) is 6.92 Å². The van der Waals surface area contributed by atoms with E-state index < -0.39 is 5.97 Å². The van der Waals surface area contributed by atoms with Crippen LogP contribution in [-0.4, -0.2) is 24.0 Å². The third kappa shape index (κ3) is 3.31. The number of hydrogen-bond donors (Lipinski definition) is 1. The second-order valence-corrected chi connectivity index (χ2v) is 5.54. The first-order valence-corrected chi connectivity index (χ1v) is 7.39. The number of carbonyl (C=O) groups is 2. The van der Waals surface area contributed by atoms with Crippen LogP contribution in [0.1, 0.15) is 37.6 Å². The minimum atomic E-state index is -1.05. The lowest BCUT2D eigenvalue weighted by Crippen LogP contribution is -2.07. The number of para-hydroxylation sites is 1. The summed E-state index contributed by atoms with van der Waals surface area (Å²) in [7, 11) is 1.59. The topological polar surface area (TPSA) is 63.6 Å². The number of ketones is 1. The van der Waals surface area contributed by atoms with Gasteiger partial charge in [0.1, 0.15) is 5.75 Å². The Morgan fingerprint density at radius 2 is 2.00 bits per heavy atom. The van der Waals surface area contributed by atoms with E-state index >= 15 is 0 Å². The van der Waals surface area contributed by atoms with Gasteiger partial charge in [-0.3, -0.25) is 4.79 Å². The zero-order valence-corrected chi connectivity index (χ0v) is 12.7. The van der Waals surface area contributed by atoms with Gasteiger partial charge in [-0.15, -0.1) is 11.3 Å². The fourth-order valence-electron chi connectivity index (χ4n) is 2.19. The molecule has 110 valence electrons. The average Bonchev–Trinajstić information content (AvgIpc) is 2.87. The van der Waals surface area contributed by atoms with Crippen LogP contribution in [0.25, 0.3) is 0 Å². The first-order valence-electron chi connectivity index (χ1n) is 6.51. The van der Waals surface area contributed by atoms with E-state index in [1.807, 2.05) is 24.3 Å². The number of rotatable bonds is 6. The van der Waals surface area contributed by atoms with Crippen molar-refractivity contribution in [3.63, 3.8) is 0 Å². The highest BCUT2D eigenvalue weighted by Crippen LogP contribution is 2.25. The second-order valence-electron chi connectivity index (χ2n) is 4.66. The summed E-state index contributed by atoms with van der Waals surface area (Å²) in [6, 6.07) is 7.51. The highest BCUT2D eigenvalue weighted by Gasteiger charge is 2.21. The Morgan fingerprint density at radius 3 is 2.67 bits per heavy atom. The van der Waals surface area contributed by atoms with E-state index in [0.29, 0.717) is 16.9 Å². The monoisotopic (exact) mass is 304 g/mol. The molecule has 1 N–H and O–H groups in total. The van der Waals surface area contributed by atoms with Crippen molar-refractivity contribution in [2.24, 2.45) is 0 Å². The molecule has 0 fully saturated rings. The van der Waals surface area contributed by atoms with Crippen LogP contribution in [0.2, 0.25) is 0 Å². The summed E-state index contributed by atoms with van der Waals surface area (Å²) in [5.41, 5.74) is 1.71. The molecule has 0 aliphatic carbocycles. The molecule has 0 saturated carbocycles. The number of Topliss-reactive ketones (excluding diaryl/α,β-unsaturated/α-hetero) is 1. The molecule has 1 aromatic carbocycles. The molecule has 5 heteroatoms. The Labute approximate surface area is 127 Å². The van der Waals surface area contributed by atoms with Gasteiger partial charge in [0.15, 0.2) is 5.78 Å². The summed E-state index contributed by atoms with van der Waals surface area (Å²) < 4.78 is 5.25. The number of benzene rings is 1. The number of thiophene rings is 1. The number of aryl methyl sites for hydroxylation is 2. The third-order valence-electron chi connectivity index (χ3n) is 3.26. The van der Waals surface area contributed by atoms with Crippen LogP contribution in [0.4, 0.5) is 0 Å². The van der Waals surface area contributed by atoms with Crippen LogP contribution in [0.15, 0.2) is 29.6 Å². The van der Waals surface area contributed by atoms with E-state index in [1.54, 1.807) is 19.4 Å². The second kappa shape index (κ2) is 6.54. The van der Waals surface area contributed by atoms with Gasteiger partial charge in [-0.2, -0.15) is 0 Å². The molecule has 2 aromatic rings. The first kappa shape index (κ1) is 15.3. The van der Waals surface area contributed by atoms with Crippen LogP contribution in [0.5, 0.6) is 5.75 Å². The van der Waals surface area contributed by atoms with Crippen molar-refractivity contribution in [1.29, 1.82) is 0 Å². The van der Waals surface area contributed by atoms with E-state index in [9.17, 15) is 14.7 Å². The zero-order chi connectivity index (χ0) is 15.4. The number of carboxylic acid groups (broad SMARTS) is 1. The van der Waals surface area contributed by atoms with Gasteiger partial charge in [-0.1, -0.05) is 18.2 Å². The number of methoxy groups -OCH3 is 1. The first-order chi connectivity index (χ1) is 10.0. The SMILES string of the molecule is COc1ccccc1CCC(=O)c1scc(C)c1C(=O)O. The number of carboxylic acids is 1. The molecule has 0 aliphatic rings. The van der Waals surface area contributed by atoms with Crippen molar-refractivity contribution in [2.45, 2.75) is 19.8 Å². The molecule has 4 nitrogen and oxygen atoms in total. The molecule has 0 unspecified atom stereocenters. The maximum Gasteiger partial charge on any atom is 0.337 e. The molecule has 2 rings (SSSR count). The molecule has 0 aliphatic heterocycles. The van der Waals surface area contributed by atoms with Gasteiger partial charge in [0.25, 0.3) is 0 Å². The molecular formula is C16H16O4S. The van der Waals surface area contributed by atoms with E-state index in [0.717, 1.165) is 11.3 Å². The van der Waals surface area contributed by atoms with Crippen LogP contribution in [-0.2, 0) is 6.42 Å². The predicted octanol–water partition coefficient (Wildman–Crippen LogP) is 3.58. The standard InChI is InChI=1S/C16H16O4S/c1-10-9-21-15(14(10)16(18)19)12(17)8-7-11-5-3-4-6-13(11)20-2/h3-6,9H,7-8H2,1-2H3,(H,18,19). The lowest BCUT2D eigenvalue weighted by molar-refractivity contribution is 0.0692. The van der Waals surface area contributed by atoms with E-state index in [1.165, 1.54) is 11.3 Å². The maximum atomic E-state index is 12.3. The van der Waals surface area contributed by atoms with E-state index in [4.69, 9.17) is 4.74 Å². The van der Waals surface area contributed by atoms with Gasteiger partial charge in [-0.25, -0.2) is 4.79 Å². The van der Waals surface area contributed by atoms with Crippen LogP contribution >= 0.6 is 11.3 Å². The van der Waals surface area contributed by atoms with Crippen molar-refractivity contribution in [3.8, 4) is 5.75 Å². The summed E-state index contributed by atoms with van der Waals surface area (Å²) in [6.45, 7) is 1.71. The lowest BCUT2D eigenvalue weighted by Gasteiger charge is -2.07. The number of ether oxygens (including phenoxy) is 1. The molecule has 1 aromatic heterocycles. The minimum absolute atomic E-state index is 0.130. The summed E-state index contributed by atoms with van der Waals surface area (Å²) in [5, 5.41) is 10.9. The number of carbonyl (C=O) groups excluding carboxylic acids is 1. The largest absolute Gasteiger partial charge is 0.496 e. The molecule has 0 bridgehead atoms. The maximum absolute atomic E-state index is 12.3. The normalized spacial score (nSPS) is 10.4. The molecule has 0 saturated heterocycles. The fraction of sp³-hybridized carbons (Fsp3) is 0.250. The molecule has 0 atom stereocenters. The Kier molecular flexibility index (Phi) is 4.75. The van der Waals surface area contributed by atoms with Gasteiger partial charge in [0.05, 0.1) is 17.6 Å².